The fraction of sp³-hybridized carbons (Fsp3) is 0.667. The van der Waals surface area contributed by atoms with Crippen molar-refractivity contribution < 1.29 is 26.4 Å². The van der Waals surface area contributed by atoms with Gasteiger partial charge in [0, 0.05) is 19.1 Å². The zero-order valence-electron chi connectivity index (χ0n) is 17.9. The monoisotopic (exact) mass is 461 g/mol. The Hall–Kier alpha value is -1.65. The van der Waals surface area contributed by atoms with E-state index in [4.69, 9.17) is 5.73 Å². The Labute approximate surface area is 181 Å². The highest BCUT2D eigenvalue weighted by molar-refractivity contribution is 7.89. The lowest BCUT2D eigenvalue weighted by Crippen LogP contribution is -2.48. The van der Waals surface area contributed by atoms with Crippen molar-refractivity contribution in [3.8, 4) is 0 Å². The summed E-state index contributed by atoms with van der Waals surface area (Å²) < 4.78 is 65.5. The van der Waals surface area contributed by atoms with Crippen molar-refractivity contribution in [2.45, 2.75) is 63.2 Å². The maximum atomic E-state index is 13.0. The van der Waals surface area contributed by atoms with E-state index in [0.717, 1.165) is 37.1 Å². The lowest BCUT2D eigenvalue weighted by atomic mass is 9.88. The van der Waals surface area contributed by atoms with Crippen molar-refractivity contribution in [3.05, 3.63) is 29.8 Å². The Morgan fingerprint density at radius 2 is 1.77 bits per heavy atom. The van der Waals surface area contributed by atoms with Gasteiger partial charge < -0.3 is 11.1 Å². The summed E-state index contributed by atoms with van der Waals surface area (Å²) in [5.74, 6) is -0.159. The number of fused-ring (bicyclic) bond motifs is 1. The molecule has 1 aromatic rings. The largest absolute Gasteiger partial charge is 0.416 e. The van der Waals surface area contributed by atoms with Crippen LogP contribution >= 0.6 is 0 Å². The summed E-state index contributed by atoms with van der Waals surface area (Å²) >= 11 is 0. The molecular weight excluding hydrogens is 431 g/mol. The molecule has 0 radical (unpaired) electrons. The number of nitrogens with two attached hydrogens (primary N) is 1. The molecule has 0 aromatic heterocycles. The molecule has 1 saturated heterocycles. The zero-order chi connectivity index (χ0) is 23.2. The molecule has 174 valence electrons. The van der Waals surface area contributed by atoms with Gasteiger partial charge in [0.25, 0.3) is 0 Å². The second-order valence-corrected chi connectivity index (χ2v) is 11.8. The summed E-state index contributed by atoms with van der Waals surface area (Å²) in [7, 11) is -3.91. The van der Waals surface area contributed by atoms with Crippen LogP contribution in [0, 0.1) is 17.3 Å². The predicted octanol–water partition coefficient (Wildman–Crippen LogP) is 2.98. The van der Waals surface area contributed by atoms with Crippen molar-refractivity contribution >= 4 is 15.9 Å². The zero-order valence-corrected chi connectivity index (χ0v) is 18.8. The number of amides is 1. The summed E-state index contributed by atoms with van der Waals surface area (Å²) in [6.45, 7) is 6.55. The minimum atomic E-state index is -4.52. The number of halogens is 3. The quantitative estimate of drug-likeness (QED) is 0.705. The third-order valence-electron chi connectivity index (χ3n) is 6.14. The van der Waals surface area contributed by atoms with E-state index in [9.17, 15) is 26.4 Å². The van der Waals surface area contributed by atoms with Crippen molar-refractivity contribution in [2.24, 2.45) is 23.0 Å². The SMILES string of the molecule is CC(C)(C)C[C@H](N)C(=O)N[C@H]1CC[C@@H]2CN(S(=O)(=O)c3ccc(C(F)(F)F)cc3)C[C@@H]21. The third kappa shape index (κ3) is 5.40. The molecule has 2 fully saturated rings. The Morgan fingerprint density at radius 1 is 1.16 bits per heavy atom. The van der Waals surface area contributed by atoms with Crippen molar-refractivity contribution in [1.82, 2.24) is 9.62 Å². The summed E-state index contributed by atoms with van der Waals surface area (Å²) in [4.78, 5) is 12.4. The summed E-state index contributed by atoms with van der Waals surface area (Å²) in [5, 5.41) is 3.00. The molecule has 2 aliphatic rings. The standard InChI is InChI=1S/C21H30F3N3O3S/c1-20(2,3)10-17(25)19(28)26-18-9-4-13-11-27(12-16(13)18)31(29,30)15-7-5-14(6-8-15)21(22,23)24/h5-8,13,16-18H,4,9-12,25H2,1-3H3,(H,26,28)/t13-,16+,17+,18+/m1/s1. The smallest absolute Gasteiger partial charge is 0.352 e. The first-order valence-corrected chi connectivity index (χ1v) is 11.9. The van der Waals surface area contributed by atoms with Gasteiger partial charge in [-0.2, -0.15) is 17.5 Å². The van der Waals surface area contributed by atoms with Gasteiger partial charge >= 0.3 is 6.18 Å². The molecule has 1 amide bonds. The van der Waals surface area contributed by atoms with Gasteiger partial charge in [0.1, 0.15) is 0 Å². The predicted molar refractivity (Wildman–Crippen MR) is 110 cm³/mol. The first-order valence-electron chi connectivity index (χ1n) is 10.4. The van der Waals surface area contributed by atoms with Gasteiger partial charge in [-0.15, -0.1) is 0 Å². The second kappa shape index (κ2) is 8.37. The molecule has 3 N–H and O–H groups in total. The molecule has 1 aromatic carbocycles. The number of carbonyl (C=O) groups excluding carboxylic acids is 1. The number of sulfonamides is 1. The topological polar surface area (TPSA) is 92.5 Å². The van der Waals surface area contributed by atoms with Crippen molar-refractivity contribution in [3.63, 3.8) is 0 Å². The van der Waals surface area contributed by atoms with Gasteiger partial charge in [0.05, 0.1) is 16.5 Å². The van der Waals surface area contributed by atoms with Crippen LogP contribution in [0.4, 0.5) is 13.2 Å². The number of hydrogen-bond acceptors (Lipinski definition) is 4. The summed E-state index contributed by atoms with van der Waals surface area (Å²) in [5.41, 5.74) is 5.06. The minimum absolute atomic E-state index is 0.0324. The van der Waals surface area contributed by atoms with Crippen LogP contribution in [0.2, 0.25) is 0 Å². The highest BCUT2D eigenvalue weighted by Gasteiger charge is 2.47. The van der Waals surface area contributed by atoms with E-state index in [-0.39, 0.29) is 40.6 Å². The average molecular weight is 462 g/mol. The fourth-order valence-electron chi connectivity index (χ4n) is 4.61. The number of nitrogens with one attached hydrogen (secondary N) is 1. The Morgan fingerprint density at radius 3 is 2.32 bits per heavy atom. The molecule has 10 heteroatoms. The van der Waals surface area contributed by atoms with Gasteiger partial charge in [-0.3, -0.25) is 4.79 Å². The lowest BCUT2D eigenvalue weighted by Gasteiger charge is -2.26. The Balaban J connectivity index is 1.66. The average Bonchev–Trinajstić information content (AvgIpc) is 3.22. The van der Waals surface area contributed by atoms with E-state index < -0.39 is 27.8 Å². The minimum Gasteiger partial charge on any atom is -0.352 e. The molecule has 0 bridgehead atoms. The first-order chi connectivity index (χ1) is 14.2. The molecule has 1 aliphatic heterocycles. The summed E-state index contributed by atoms with van der Waals surface area (Å²) in [6.07, 6.45) is -2.44. The van der Waals surface area contributed by atoms with Gasteiger partial charge in [0.15, 0.2) is 0 Å². The highest BCUT2D eigenvalue weighted by Crippen LogP contribution is 2.40. The van der Waals surface area contributed by atoms with Crippen LogP contribution in [-0.2, 0) is 21.0 Å². The van der Waals surface area contributed by atoms with E-state index >= 15 is 0 Å². The number of rotatable bonds is 5. The van der Waals surface area contributed by atoms with Crippen LogP contribution in [0.1, 0.15) is 45.6 Å². The molecule has 31 heavy (non-hydrogen) atoms. The van der Waals surface area contributed by atoms with E-state index in [0.29, 0.717) is 13.0 Å². The lowest BCUT2D eigenvalue weighted by molar-refractivity contribution is -0.137. The highest BCUT2D eigenvalue weighted by atomic mass is 32.2. The van der Waals surface area contributed by atoms with Crippen molar-refractivity contribution in [1.29, 1.82) is 0 Å². The van der Waals surface area contributed by atoms with E-state index in [1.807, 2.05) is 20.8 Å². The third-order valence-corrected chi connectivity index (χ3v) is 7.99. The normalized spacial score (nSPS) is 26.0. The van der Waals surface area contributed by atoms with E-state index in [1.165, 1.54) is 4.31 Å². The Bertz CT molecular complexity index is 911. The van der Waals surface area contributed by atoms with Crippen LogP contribution in [0.15, 0.2) is 29.2 Å². The van der Waals surface area contributed by atoms with E-state index in [2.05, 4.69) is 5.32 Å². The van der Waals surface area contributed by atoms with Crippen LogP contribution in [0.5, 0.6) is 0 Å². The van der Waals surface area contributed by atoms with E-state index in [1.54, 1.807) is 0 Å². The van der Waals surface area contributed by atoms with Gasteiger partial charge in [0.2, 0.25) is 15.9 Å². The maximum Gasteiger partial charge on any atom is 0.416 e. The number of hydrogen-bond donors (Lipinski definition) is 2. The molecular formula is C21H30F3N3O3S. The number of benzene rings is 1. The van der Waals surface area contributed by atoms with Crippen LogP contribution in [-0.4, -0.2) is 43.8 Å². The molecule has 4 atom stereocenters. The molecule has 0 spiro atoms. The molecule has 0 unspecified atom stereocenters. The molecule has 6 nitrogen and oxygen atoms in total. The van der Waals surface area contributed by atoms with Crippen LogP contribution < -0.4 is 11.1 Å². The second-order valence-electron chi connectivity index (χ2n) is 9.83. The number of alkyl halides is 3. The number of nitrogens with zero attached hydrogens (tertiary/aromatic N) is 1. The Kier molecular flexibility index (Phi) is 6.48. The van der Waals surface area contributed by atoms with Crippen molar-refractivity contribution in [2.75, 3.05) is 13.1 Å². The first kappa shape index (κ1) is 24.0. The van der Waals surface area contributed by atoms with Gasteiger partial charge in [-0.25, -0.2) is 8.42 Å². The fourth-order valence-corrected chi connectivity index (χ4v) is 6.14. The number of carbonyl (C=O) groups is 1. The molecule has 1 saturated carbocycles. The van der Waals surface area contributed by atoms with Crippen LogP contribution in [0.25, 0.3) is 0 Å². The molecule has 1 aliphatic carbocycles. The maximum absolute atomic E-state index is 13.0. The van der Waals surface area contributed by atoms with Gasteiger partial charge in [-0.05, 0) is 60.8 Å². The molecule has 1 heterocycles. The van der Waals surface area contributed by atoms with Gasteiger partial charge in [-0.1, -0.05) is 20.8 Å². The van der Waals surface area contributed by atoms with Crippen LogP contribution in [0.3, 0.4) is 0 Å². The molecule has 3 rings (SSSR count). The summed E-state index contributed by atoms with van der Waals surface area (Å²) in [6, 6.07) is 2.77.